The van der Waals surface area contributed by atoms with Crippen LogP contribution in [0, 0.1) is 0 Å². The van der Waals surface area contributed by atoms with Gasteiger partial charge in [-0.05, 0) is 41.5 Å². The van der Waals surface area contributed by atoms with Gasteiger partial charge < -0.3 is 5.11 Å². The molecular weight excluding hydrogens is 268 g/mol. The average Bonchev–Trinajstić information content (AvgIpc) is 2.56. The van der Waals surface area contributed by atoms with E-state index < -0.39 is 0 Å². The summed E-state index contributed by atoms with van der Waals surface area (Å²) in [6.45, 7) is 6.44. The third-order valence-corrected chi connectivity index (χ3v) is 4.04. The van der Waals surface area contributed by atoms with Crippen LogP contribution in [0.5, 0.6) is 5.75 Å². The lowest BCUT2D eigenvalue weighted by molar-refractivity contribution is 0.465. The normalized spacial score (nSPS) is 11.7. The molecule has 0 bridgehead atoms. The minimum absolute atomic E-state index is 0.463. The van der Waals surface area contributed by atoms with Gasteiger partial charge in [-0.15, -0.1) is 0 Å². The second kappa shape index (κ2) is 7.84. The van der Waals surface area contributed by atoms with E-state index in [9.17, 15) is 5.11 Å². The van der Waals surface area contributed by atoms with E-state index >= 15 is 0 Å². The molecule has 2 aromatic rings. The fraction of sp³-hybridized carbons (Fsp3) is 0.333. The first-order chi connectivity index (χ1) is 10.7. The average molecular weight is 294 g/mol. The molecule has 0 aromatic heterocycles. The molecule has 0 amide bonds. The van der Waals surface area contributed by atoms with Crippen LogP contribution in [0.25, 0.3) is 5.57 Å². The maximum absolute atomic E-state index is 10.8. The Labute approximate surface area is 134 Å². The van der Waals surface area contributed by atoms with Crippen molar-refractivity contribution in [3.05, 3.63) is 70.8 Å². The molecule has 0 aliphatic heterocycles. The highest BCUT2D eigenvalue weighted by Gasteiger charge is 2.15. The van der Waals surface area contributed by atoms with E-state index in [2.05, 4.69) is 51.1 Å². The van der Waals surface area contributed by atoms with E-state index in [0.29, 0.717) is 5.75 Å². The molecular formula is C21H26O. The largest absolute Gasteiger partial charge is 0.507 e. The van der Waals surface area contributed by atoms with Crippen molar-refractivity contribution in [2.45, 2.75) is 46.5 Å². The van der Waals surface area contributed by atoms with E-state index in [0.717, 1.165) is 47.9 Å². The monoisotopic (exact) mass is 294 g/mol. The molecule has 0 saturated carbocycles. The van der Waals surface area contributed by atoms with Gasteiger partial charge in [0, 0.05) is 5.56 Å². The molecule has 1 N–H and O–H groups in total. The summed E-state index contributed by atoms with van der Waals surface area (Å²) >= 11 is 0. The number of hydrogen-bond donors (Lipinski definition) is 1. The van der Waals surface area contributed by atoms with Crippen LogP contribution in [-0.2, 0) is 12.8 Å². The highest BCUT2D eigenvalue weighted by molar-refractivity contribution is 5.83. The lowest BCUT2D eigenvalue weighted by atomic mass is 9.90. The van der Waals surface area contributed by atoms with Crippen LogP contribution >= 0.6 is 0 Å². The summed E-state index contributed by atoms with van der Waals surface area (Å²) in [5.41, 5.74) is 5.60. The van der Waals surface area contributed by atoms with Crippen LogP contribution in [0.4, 0.5) is 0 Å². The van der Waals surface area contributed by atoms with Gasteiger partial charge in [0.05, 0.1) is 0 Å². The SMILES string of the molecule is CC/C=C(\c1ccccc1)c1ccc(CC)c(CCC)c1O. The molecule has 116 valence electrons. The Balaban J connectivity index is 2.58. The smallest absolute Gasteiger partial charge is 0.126 e. The zero-order valence-corrected chi connectivity index (χ0v) is 13.9. The van der Waals surface area contributed by atoms with Crippen LogP contribution in [-0.4, -0.2) is 5.11 Å². The summed E-state index contributed by atoms with van der Waals surface area (Å²) in [6.07, 6.45) is 6.08. The zero-order valence-electron chi connectivity index (χ0n) is 13.9. The molecule has 0 aliphatic carbocycles. The Morgan fingerprint density at radius 1 is 1.00 bits per heavy atom. The number of aromatic hydroxyl groups is 1. The van der Waals surface area contributed by atoms with E-state index in [1.54, 1.807) is 0 Å². The van der Waals surface area contributed by atoms with Crippen LogP contribution in [0.2, 0.25) is 0 Å². The van der Waals surface area contributed by atoms with Gasteiger partial charge in [0.1, 0.15) is 5.75 Å². The van der Waals surface area contributed by atoms with Gasteiger partial charge in [-0.3, -0.25) is 0 Å². The van der Waals surface area contributed by atoms with Gasteiger partial charge in [0.25, 0.3) is 0 Å². The van der Waals surface area contributed by atoms with Crippen molar-refractivity contribution < 1.29 is 5.11 Å². The Kier molecular flexibility index (Phi) is 5.83. The molecule has 0 aliphatic rings. The van der Waals surface area contributed by atoms with E-state index in [1.165, 1.54) is 5.56 Å². The number of rotatable bonds is 6. The molecule has 0 fully saturated rings. The predicted molar refractivity (Wildman–Crippen MR) is 95.3 cm³/mol. The highest BCUT2D eigenvalue weighted by atomic mass is 16.3. The standard InChI is InChI=1S/C21H26O/c1-4-10-18(17-12-8-7-9-13-17)20-15-14-16(6-3)19(11-5-2)21(20)22/h7-10,12-15,22H,4-6,11H2,1-3H3/b18-10+. The Morgan fingerprint density at radius 2 is 1.73 bits per heavy atom. The summed E-state index contributed by atoms with van der Waals surface area (Å²) in [7, 11) is 0. The molecule has 2 rings (SSSR count). The van der Waals surface area contributed by atoms with Gasteiger partial charge in [0.2, 0.25) is 0 Å². The molecule has 0 atom stereocenters. The quantitative estimate of drug-likeness (QED) is 0.719. The number of phenols is 1. The Morgan fingerprint density at radius 3 is 2.32 bits per heavy atom. The van der Waals surface area contributed by atoms with Crippen molar-refractivity contribution in [1.82, 2.24) is 0 Å². The summed E-state index contributed by atoms with van der Waals surface area (Å²) in [4.78, 5) is 0. The number of phenolic OH excluding ortho intramolecular Hbond substituents is 1. The van der Waals surface area contributed by atoms with Gasteiger partial charge in [-0.1, -0.05) is 75.7 Å². The lowest BCUT2D eigenvalue weighted by Gasteiger charge is -2.16. The first-order valence-electron chi connectivity index (χ1n) is 8.32. The fourth-order valence-corrected chi connectivity index (χ4v) is 2.96. The minimum Gasteiger partial charge on any atom is -0.507 e. The third kappa shape index (κ3) is 3.41. The molecule has 22 heavy (non-hydrogen) atoms. The topological polar surface area (TPSA) is 20.2 Å². The van der Waals surface area contributed by atoms with Crippen molar-refractivity contribution in [3.63, 3.8) is 0 Å². The number of aryl methyl sites for hydroxylation is 1. The van der Waals surface area contributed by atoms with Crippen molar-refractivity contribution in [2.24, 2.45) is 0 Å². The maximum Gasteiger partial charge on any atom is 0.126 e. The third-order valence-electron chi connectivity index (χ3n) is 4.04. The van der Waals surface area contributed by atoms with Crippen molar-refractivity contribution in [3.8, 4) is 5.75 Å². The first-order valence-corrected chi connectivity index (χ1v) is 8.32. The molecule has 0 spiro atoms. The second-order valence-electron chi connectivity index (χ2n) is 5.60. The Hall–Kier alpha value is -2.02. The number of allylic oxidation sites excluding steroid dienone is 1. The van der Waals surface area contributed by atoms with Gasteiger partial charge in [0.15, 0.2) is 0 Å². The molecule has 1 heteroatoms. The highest BCUT2D eigenvalue weighted by Crippen LogP contribution is 2.35. The molecule has 2 aromatic carbocycles. The van der Waals surface area contributed by atoms with Gasteiger partial charge in [-0.2, -0.15) is 0 Å². The zero-order chi connectivity index (χ0) is 15.9. The molecule has 0 saturated heterocycles. The maximum atomic E-state index is 10.8. The molecule has 0 unspecified atom stereocenters. The van der Waals surface area contributed by atoms with Crippen LogP contribution in [0.15, 0.2) is 48.5 Å². The lowest BCUT2D eigenvalue weighted by Crippen LogP contribution is -1.98. The van der Waals surface area contributed by atoms with Crippen LogP contribution < -0.4 is 0 Å². The van der Waals surface area contributed by atoms with Crippen LogP contribution in [0.1, 0.15) is 55.9 Å². The Bertz CT molecular complexity index is 638. The molecule has 1 nitrogen and oxygen atoms in total. The summed E-state index contributed by atoms with van der Waals surface area (Å²) in [6, 6.07) is 14.6. The molecule has 0 heterocycles. The number of hydrogen-bond acceptors (Lipinski definition) is 1. The summed E-state index contributed by atoms with van der Waals surface area (Å²) < 4.78 is 0. The van der Waals surface area contributed by atoms with Crippen molar-refractivity contribution in [1.29, 1.82) is 0 Å². The van der Waals surface area contributed by atoms with E-state index in [4.69, 9.17) is 0 Å². The summed E-state index contributed by atoms with van der Waals surface area (Å²) in [5.74, 6) is 0.463. The molecule has 0 radical (unpaired) electrons. The fourth-order valence-electron chi connectivity index (χ4n) is 2.96. The first kappa shape index (κ1) is 16.4. The van der Waals surface area contributed by atoms with Gasteiger partial charge >= 0.3 is 0 Å². The van der Waals surface area contributed by atoms with Crippen molar-refractivity contribution in [2.75, 3.05) is 0 Å². The van der Waals surface area contributed by atoms with E-state index in [-0.39, 0.29) is 0 Å². The van der Waals surface area contributed by atoms with Gasteiger partial charge in [-0.25, -0.2) is 0 Å². The van der Waals surface area contributed by atoms with E-state index in [1.807, 2.05) is 18.2 Å². The number of benzene rings is 2. The summed E-state index contributed by atoms with van der Waals surface area (Å²) in [5, 5.41) is 10.8. The minimum atomic E-state index is 0.463. The second-order valence-corrected chi connectivity index (χ2v) is 5.60. The van der Waals surface area contributed by atoms with Crippen molar-refractivity contribution >= 4 is 5.57 Å². The predicted octanol–water partition coefficient (Wildman–Crippen LogP) is 5.75. The van der Waals surface area contributed by atoms with Crippen LogP contribution in [0.3, 0.4) is 0 Å².